The van der Waals surface area contributed by atoms with Gasteiger partial charge in [-0.05, 0) is 63.2 Å². The van der Waals surface area contributed by atoms with Crippen molar-refractivity contribution < 1.29 is 4.79 Å². The number of carbonyl (C=O) groups is 1. The Morgan fingerprint density at radius 1 is 1.12 bits per heavy atom. The van der Waals surface area contributed by atoms with Gasteiger partial charge in [0.1, 0.15) is 0 Å². The van der Waals surface area contributed by atoms with E-state index in [2.05, 4.69) is 15.2 Å². The molecule has 5 heteroatoms. The summed E-state index contributed by atoms with van der Waals surface area (Å²) in [5.74, 6) is 1.20. The highest BCUT2D eigenvalue weighted by Gasteiger charge is 2.25. The predicted octanol–water partition coefficient (Wildman–Crippen LogP) is 4.33. The average molecular weight is 380 g/mol. The highest BCUT2D eigenvalue weighted by atomic mass is 35.5. The molecule has 1 aliphatic heterocycles. The van der Waals surface area contributed by atoms with Gasteiger partial charge in [0.15, 0.2) is 0 Å². The first-order chi connectivity index (χ1) is 12.3. The SMILES string of the molecule is Cl.O=C(CCCC1CCCC1)N(Cc1ccccn1)C1CCCNCC1. The van der Waals surface area contributed by atoms with E-state index in [0.717, 1.165) is 50.4 Å². The van der Waals surface area contributed by atoms with Crippen LogP contribution in [0.5, 0.6) is 0 Å². The quantitative estimate of drug-likeness (QED) is 0.766. The molecule has 26 heavy (non-hydrogen) atoms. The van der Waals surface area contributed by atoms with Crippen molar-refractivity contribution in [3.05, 3.63) is 30.1 Å². The third-order valence-electron chi connectivity index (χ3n) is 5.84. The number of hydrogen-bond acceptors (Lipinski definition) is 3. The minimum Gasteiger partial charge on any atom is -0.334 e. The maximum atomic E-state index is 13.0. The molecule has 2 heterocycles. The van der Waals surface area contributed by atoms with E-state index in [4.69, 9.17) is 0 Å². The maximum absolute atomic E-state index is 13.0. The second kappa shape index (κ2) is 11.6. The van der Waals surface area contributed by atoms with Gasteiger partial charge in [0.05, 0.1) is 12.2 Å². The number of rotatable bonds is 7. The van der Waals surface area contributed by atoms with E-state index in [1.165, 1.54) is 32.1 Å². The van der Waals surface area contributed by atoms with E-state index in [-0.39, 0.29) is 12.4 Å². The van der Waals surface area contributed by atoms with Gasteiger partial charge in [-0.1, -0.05) is 31.7 Å². The minimum atomic E-state index is 0. The van der Waals surface area contributed by atoms with Crippen LogP contribution in [0.3, 0.4) is 0 Å². The Bertz CT molecular complexity index is 511. The molecular formula is C21H34ClN3O. The lowest BCUT2D eigenvalue weighted by Gasteiger charge is -2.31. The van der Waals surface area contributed by atoms with Crippen LogP contribution in [0.1, 0.15) is 69.9 Å². The molecule has 1 saturated carbocycles. The number of aromatic nitrogens is 1. The van der Waals surface area contributed by atoms with Crippen molar-refractivity contribution in [1.29, 1.82) is 0 Å². The van der Waals surface area contributed by atoms with Crippen LogP contribution in [0.15, 0.2) is 24.4 Å². The number of halogens is 1. The van der Waals surface area contributed by atoms with Crippen molar-refractivity contribution in [3.8, 4) is 0 Å². The fourth-order valence-corrected chi connectivity index (χ4v) is 4.38. The van der Waals surface area contributed by atoms with Crippen LogP contribution in [-0.4, -0.2) is 34.9 Å². The van der Waals surface area contributed by atoms with Gasteiger partial charge < -0.3 is 10.2 Å². The zero-order chi connectivity index (χ0) is 17.3. The summed E-state index contributed by atoms with van der Waals surface area (Å²) in [6.45, 7) is 2.75. The Morgan fingerprint density at radius 3 is 2.73 bits per heavy atom. The lowest BCUT2D eigenvalue weighted by molar-refractivity contribution is -0.134. The van der Waals surface area contributed by atoms with Gasteiger partial charge in [-0.15, -0.1) is 12.4 Å². The fourth-order valence-electron chi connectivity index (χ4n) is 4.38. The summed E-state index contributed by atoms with van der Waals surface area (Å²) in [5, 5.41) is 3.46. The number of pyridine rings is 1. The van der Waals surface area contributed by atoms with Gasteiger partial charge in [-0.3, -0.25) is 9.78 Å². The average Bonchev–Trinajstić information content (AvgIpc) is 3.01. The van der Waals surface area contributed by atoms with Crippen LogP contribution in [0, 0.1) is 5.92 Å². The van der Waals surface area contributed by atoms with Gasteiger partial charge in [-0.2, -0.15) is 0 Å². The predicted molar refractivity (Wildman–Crippen MR) is 108 cm³/mol. The summed E-state index contributed by atoms with van der Waals surface area (Å²) in [5.41, 5.74) is 1.00. The summed E-state index contributed by atoms with van der Waals surface area (Å²) in [7, 11) is 0. The number of nitrogens with one attached hydrogen (secondary N) is 1. The normalized spacial score (nSPS) is 21.0. The lowest BCUT2D eigenvalue weighted by Crippen LogP contribution is -2.40. The Kier molecular flexibility index (Phi) is 9.41. The second-order valence-corrected chi connectivity index (χ2v) is 7.72. The first kappa shape index (κ1) is 21.2. The molecule has 1 aromatic rings. The number of amides is 1. The summed E-state index contributed by atoms with van der Waals surface area (Å²) in [4.78, 5) is 19.6. The van der Waals surface area contributed by atoms with Crippen LogP contribution in [-0.2, 0) is 11.3 Å². The van der Waals surface area contributed by atoms with E-state index < -0.39 is 0 Å². The highest BCUT2D eigenvalue weighted by Crippen LogP contribution is 2.29. The molecule has 4 nitrogen and oxygen atoms in total. The van der Waals surface area contributed by atoms with Crippen LogP contribution >= 0.6 is 12.4 Å². The zero-order valence-electron chi connectivity index (χ0n) is 15.9. The van der Waals surface area contributed by atoms with Crippen LogP contribution < -0.4 is 5.32 Å². The molecule has 1 aromatic heterocycles. The second-order valence-electron chi connectivity index (χ2n) is 7.72. The molecule has 1 unspecified atom stereocenters. The Morgan fingerprint density at radius 2 is 1.96 bits per heavy atom. The number of carbonyl (C=O) groups excluding carboxylic acids is 1. The molecule has 0 radical (unpaired) electrons. The standard InChI is InChI=1S/C21H33N3O.ClH/c25-21(12-5-9-18-7-1-2-8-18)24(17-19-10-3-4-15-23-19)20-11-6-14-22-16-13-20;/h3-4,10,15,18,20,22H,1-2,5-9,11-14,16-17H2;1H. The largest absolute Gasteiger partial charge is 0.334 e. The molecule has 1 N–H and O–H groups in total. The molecule has 1 aliphatic carbocycles. The van der Waals surface area contributed by atoms with E-state index >= 15 is 0 Å². The maximum Gasteiger partial charge on any atom is 0.223 e. The van der Waals surface area contributed by atoms with E-state index in [9.17, 15) is 4.79 Å². The van der Waals surface area contributed by atoms with E-state index in [1.54, 1.807) is 0 Å². The molecule has 3 rings (SSSR count). The molecule has 2 fully saturated rings. The third kappa shape index (κ3) is 6.55. The van der Waals surface area contributed by atoms with Gasteiger partial charge in [0, 0.05) is 18.7 Å². The van der Waals surface area contributed by atoms with Crippen molar-refractivity contribution in [2.24, 2.45) is 5.92 Å². The van der Waals surface area contributed by atoms with Gasteiger partial charge in [0.25, 0.3) is 0 Å². The van der Waals surface area contributed by atoms with E-state index in [1.807, 2.05) is 24.4 Å². The van der Waals surface area contributed by atoms with Crippen LogP contribution in [0.25, 0.3) is 0 Å². The molecule has 0 spiro atoms. The van der Waals surface area contributed by atoms with E-state index in [0.29, 0.717) is 24.9 Å². The molecule has 1 amide bonds. The third-order valence-corrected chi connectivity index (χ3v) is 5.84. The van der Waals surface area contributed by atoms with Crippen molar-refractivity contribution in [1.82, 2.24) is 15.2 Å². The lowest BCUT2D eigenvalue weighted by atomic mass is 9.99. The minimum absolute atomic E-state index is 0. The van der Waals surface area contributed by atoms with Crippen molar-refractivity contribution in [3.63, 3.8) is 0 Å². The molecule has 1 atom stereocenters. The number of hydrogen-bond donors (Lipinski definition) is 1. The fraction of sp³-hybridized carbons (Fsp3) is 0.714. The molecule has 1 saturated heterocycles. The Balaban J connectivity index is 0.00000243. The first-order valence-corrected chi connectivity index (χ1v) is 10.2. The Labute approximate surface area is 164 Å². The number of nitrogens with zero attached hydrogens (tertiary/aromatic N) is 2. The van der Waals surface area contributed by atoms with Gasteiger partial charge in [-0.25, -0.2) is 0 Å². The summed E-state index contributed by atoms with van der Waals surface area (Å²) < 4.78 is 0. The summed E-state index contributed by atoms with van der Waals surface area (Å²) in [6.07, 6.45) is 13.6. The van der Waals surface area contributed by atoms with Crippen LogP contribution in [0.2, 0.25) is 0 Å². The first-order valence-electron chi connectivity index (χ1n) is 10.2. The Hall–Kier alpha value is -1.13. The molecule has 0 aromatic carbocycles. The van der Waals surface area contributed by atoms with Crippen molar-refractivity contribution in [2.45, 2.75) is 76.8 Å². The topological polar surface area (TPSA) is 45.2 Å². The molecule has 2 aliphatic rings. The molecule has 146 valence electrons. The molecule has 0 bridgehead atoms. The summed E-state index contributed by atoms with van der Waals surface area (Å²) >= 11 is 0. The monoisotopic (exact) mass is 379 g/mol. The zero-order valence-corrected chi connectivity index (χ0v) is 16.7. The molecular weight excluding hydrogens is 346 g/mol. The van der Waals surface area contributed by atoms with Crippen molar-refractivity contribution in [2.75, 3.05) is 13.1 Å². The van der Waals surface area contributed by atoms with Gasteiger partial charge >= 0.3 is 0 Å². The van der Waals surface area contributed by atoms with Crippen molar-refractivity contribution >= 4 is 18.3 Å². The van der Waals surface area contributed by atoms with Gasteiger partial charge in [0.2, 0.25) is 5.91 Å². The van der Waals surface area contributed by atoms with Crippen LogP contribution in [0.4, 0.5) is 0 Å². The highest BCUT2D eigenvalue weighted by molar-refractivity contribution is 5.85. The smallest absolute Gasteiger partial charge is 0.223 e. The summed E-state index contributed by atoms with van der Waals surface area (Å²) in [6, 6.07) is 6.34.